The first-order chi connectivity index (χ1) is 6.18. The van der Waals surface area contributed by atoms with E-state index in [4.69, 9.17) is 5.73 Å². The summed E-state index contributed by atoms with van der Waals surface area (Å²) in [6, 6.07) is 3.91. The molecule has 3 nitrogen and oxygen atoms in total. The van der Waals surface area contributed by atoms with Gasteiger partial charge in [-0.3, -0.25) is 0 Å². The third kappa shape index (κ3) is 1.47. The average molecular weight is 240 g/mol. The third-order valence-corrected chi connectivity index (χ3v) is 2.54. The van der Waals surface area contributed by atoms with Crippen LogP contribution in [0.2, 0.25) is 0 Å². The quantitative estimate of drug-likeness (QED) is 0.829. The minimum absolute atomic E-state index is 0.0215. The van der Waals surface area contributed by atoms with E-state index in [1.807, 2.05) is 35.9 Å². The molecule has 1 unspecified atom stereocenters. The van der Waals surface area contributed by atoms with Crippen molar-refractivity contribution in [3.8, 4) is 0 Å². The molecule has 0 saturated carbocycles. The maximum absolute atomic E-state index is 5.74. The van der Waals surface area contributed by atoms with Gasteiger partial charge in [0.2, 0.25) is 0 Å². The van der Waals surface area contributed by atoms with E-state index in [2.05, 4.69) is 20.9 Å². The molecule has 2 rings (SSSR count). The summed E-state index contributed by atoms with van der Waals surface area (Å²) in [5.41, 5.74) is 7.56. The van der Waals surface area contributed by atoms with Crippen LogP contribution < -0.4 is 5.73 Å². The molecule has 68 valence electrons. The van der Waals surface area contributed by atoms with E-state index in [1.54, 1.807) is 0 Å². The number of nitrogens with zero attached hydrogens (tertiary/aromatic N) is 2. The lowest BCUT2D eigenvalue weighted by molar-refractivity contribution is 0.790. The molecule has 1 atom stereocenters. The van der Waals surface area contributed by atoms with Crippen LogP contribution in [-0.2, 0) is 0 Å². The molecular formula is C9H10BrN3. The van der Waals surface area contributed by atoms with E-state index in [0.29, 0.717) is 0 Å². The normalized spacial score (nSPS) is 13.5. The first-order valence-electron chi connectivity index (χ1n) is 4.07. The Bertz CT molecular complexity index is 433. The van der Waals surface area contributed by atoms with Crippen LogP contribution in [0.15, 0.2) is 29.0 Å². The number of aromatic nitrogens is 2. The predicted octanol–water partition coefficient (Wildman–Crippen LogP) is 2.12. The summed E-state index contributed by atoms with van der Waals surface area (Å²) in [5, 5.41) is 0. The Balaban J connectivity index is 2.68. The largest absolute Gasteiger partial charge is 0.323 e. The minimum Gasteiger partial charge on any atom is -0.323 e. The molecule has 0 amide bonds. The van der Waals surface area contributed by atoms with Gasteiger partial charge in [-0.15, -0.1) is 0 Å². The molecule has 2 heterocycles. The van der Waals surface area contributed by atoms with E-state index in [1.165, 1.54) is 0 Å². The van der Waals surface area contributed by atoms with E-state index in [0.717, 1.165) is 15.8 Å². The fourth-order valence-electron chi connectivity index (χ4n) is 1.22. The van der Waals surface area contributed by atoms with Crippen LogP contribution in [0.4, 0.5) is 0 Å². The molecule has 2 aromatic rings. The van der Waals surface area contributed by atoms with Crippen molar-refractivity contribution in [1.29, 1.82) is 0 Å². The Morgan fingerprint density at radius 1 is 1.62 bits per heavy atom. The molecule has 2 N–H and O–H groups in total. The van der Waals surface area contributed by atoms with Gasteiger partial charge in [-0.2, -0.15) is 0 Å². The second kappa shape index (κ2) is 3.12. The van der Waals surface area contributed by atoms with E-state index >= 15 is 0 Å². The number of rotatable bonds is 1. The van der Waals surface area contributed by atoms with Crippen molar-refractivity contribution in [3.63, 3.8) is 0 Å². The molecule has 0 bridgehead atoms. The number of halogens is 1. The highest BCUT2D eigenvalue weighted by atomic mass is 79.9. The van der Waals surface area contributed by atoms with Gasteiger partial charge in [0.25, 0.3) is 0 Å². The third-order valence-electron chi connectivity index (χ3n) is 1.92. The molecule has 0 aromatic carbocycles. The predicted molar refractivity (Wildman–Crippen MR) is 55.5 cm³/mol. The lowest BCUT2D eigenvalue weighted by atomic mass is 10.3. The molecule has 0 saturated heterocycles. The van der Waals surface area contributed by atoms with Gasteiger partial charge < -0.3 is 10.1 Å². The lowest BCUT2D eigenvalue weighted by Crippen LogP contribution is -2.04. The van der Waals surface area contributed by atoms with Gasteiger partial charge in [0.1, 0.15) is 0 Å². The van der Waals surface area contributed by atoms with Crippen molar-refractivity contribution < 1.29 is 0 Å². The smallest absolute Gasteiger partial charge is 0.151 e. The Labute approximate surface area is 84.7 Å². The molecule has 0 aliphatic heterocycles. The van der Waals surface area contributed by atoms with Crippen molar-refractivity contribution in [1.82, 2.24) is 9.38 Å². The van der Waals surface area contributed by atoms with Crippen molar-refractivity contribution >= 4 is 21.6 Å². The van der Waals surface area contributed by atoms with Crippen LogP contribution in [0.25, 0.3) is 5.65 Å². The Hall–Kier alpha value is -0.870. The molecule has 0 fully saturated rings. The van der Waals surface area contributed by atoms with E-state index in [-0.39, 0.29) is 6.04 Å². The molecule has 2 aromatic heterocycles. The number of nitrogens with two attached hydrogens (primary N) is 1. The van der Waals surface area contributed by atoms with Crippen molar-refractivity contribution in [3.05, 3.63) is 34.7 Å². The number of imidazole rings is 1. The van der Waals surface area contributed by atoms with Gasteiger partial charge in [0.15, 0.2) is 5.65 Å². The summed E-state index contributed by atoms with van der Waals surface area (Å²) in [5.74, 6) is 0. The van der Waals surface area contributed by atoms with Gasteiger partial charge in [0, 0.05) is 18.4 Å². The second-order valence-corrected chi connectivity index (χ2v) is 3.90. The fraction of sp³-hybridized carbons (Fsp3) is 0.222. The maximum Gasteiger partial charge on any atom is 0.151 e. The fourth-order valence-corrected chi connectivity index (χ4v) is 1.66. The Morgan fingerprint density at radius 3 is 3.00 bits per heavy atom. The summed E-state index contributed by atoms with van der Waals surface area (Å²) in [6.45, 7) is 1.93. The van der Waals surface area contributed by atoms with Crippen LogP contribution in [0.3, 0.4) is 0 Å². The zero-order valence-corrected chi connectivity index (χ0v) is 8.82. The molecule has 0 spiro atoms. The number of hydrogen-bond acceptors (Lipinski definition) is 2. The van der Waals surface area contributed by atoms with Gasteiger partial charge in [-0.25, -0.2) is 4.98 Å². The monoisotopic (exact) mass is 239 g/mol. The number of hydrogen-bond donors (Lipinski definition) is 1. The van der Waals surface area contributed by atoms with Crippen LogP contribution in [-0.4, -0.2) is 9.38 Å². The highest BCUT2D eigenvalue weighted by Gasteiger charge is 2.06. The standard InChI is InChI=1S/C9H10BrN3/c1-6(11)8-5-13-4-2-3-7(10)9(13)12-8/h2-6H,11H2,1H3. The summed E-state index contributed by atoms with van der Waals surface area (Å²) in [6.07, 6.45) is 3.91. The minimum atomic E-state index is -0.0215. The van der Waals surface area contributed by atoms with Crippen LogP contribution in [0.1, 0.15) is 18.7 Å². The van der Waals surface area contributed by atoms with E-state index < -0.39 is 0 Å². The molecule has 0 aliphatic rings. The summed E-state index contributed by atoms with van der Waals surface area (Å²) in [7, 11) is 0. The number of pyridine rings is 1. The van der Waals surface area contributed by atoms with Gasteiger partial charge in [0.05, 0.1) is 10.2 Å². The summed E-state index contributed by atoms with van der Waals surface area (Å²) >= 11 is 3.44. The first kappa shape index (κ1) is 8.72. The first-order valence-corrected chi connectivity index (χ1v) is 4.86. The molecule has 4 heteroatoms. The number of fused-ring (bicyclic) bond motifs is 1. The maximum atomic E-state index is 5.74. The van der Waals surface area contributed by atoms with E-state index in [9.17, 15) is 0 Å². The highest BCUT2D eigenvalue weighted by Crippen LogP contribution is 2.18. The summed E-state index contributed by atoms with van der Waals surface area (Å²) in [4.78, 5) is 4.40. The van der Waals surface area contributed by atoms with Crippen molar-refractivity contribution in [2.45, 2.75) is 13.0 Å². The molecular weight excluding hydrogens is 230 g/mol. The summed E-state index contributed by atoms with van der Waals surface area (Å²) < 4.78 is 2.95. The van der Waals surface area contributed by atoms with Crippen LogP contribution >= 0.6 is 15.9 Å². The van der Waals surface area contributed by atoms with Crippen molar-refractivity contribution in [2.24, 2.45) is 5.73 Å². The van der Waals surface area contributed by atoms with Crippen molar-refractivity contribution in [2.75, 3.05) is 0 Å². The SMILES string of the molecule is CC(N)c1cn2cccc(Br)c2n1. The highest BCUT2D eigenvalue weighted by molar-refractivity contribution is 9.10. The van der Waals surface area contributed by atoms with Crippen LogP contribution in [0, 0.1) is 0 Å². The topological polar surface area (TPSA) is 43.3 Å². The lowest BCUT2D eigenvalue weighted by Gasteiger charge is -1.95. The zero-order valence-electron chi connectivity index (χ0n) is 7.24. The zero-order chi connectivity index (χ0) is 9.42. The Kier molecular flexibility index (Phi) is 2.09. The molecule has 0 aliphatic carbocycles. The van der Waals surface area contributed by atoms with Gasteiger partial charge in [-0.05, 0) is 35.0 Å². The molecule has 13 heavy (non-hydrogen) atoms. The average Bonchev–Trinajstić information content (AvgIpc) is 2.49. The Morgan fingerprint density at radius 2 is 2.38 bits per heavy atom. The second-order valence-electron chi connectivity index (χ2n) is 3.04. The molecule has 0 radical (unpaired) electrons. The van der Waals surface area contributed by atoms with Gasteiger partial charge in [-0.1, -0.05) is 0 Å². The van der Waals surface area contributed by atoms with Gasteiger partial charge >= 0.3 is 0 Å². The van der Waals surface area contributed by atoms with Crippen LogP contribution in [0.5, 0.6) is 0 Å².